The van der Waals surface area contributed by atoms with Crippen LogP contribution in [0.3, 0.4) is 0 Å². The molecular formula is C23H25N3O2. The minimum Gasteiger partial charge on any atom is -0.361 e. The Kier molecular flexibility index (Phi) is 4.90. The molecule has 5 heteroatoms. The molecule has 5 nitrogen and oxygen atoms in total. The van der Waals surface area contributed by atoms with E-state index in [1.165, 1.54) is 5.56 Å². The van der Waals surface area contributed by atoms with Crippen LogP contribution >= 0.6 is 0 Å². The Morgan fingerprint density at radius 2 is 1.93 bits per heavy atom. The van der Waals surface area contributed by atoms with Gasteiger partial charge < -0.3 is 15.2 Å². The molecular weight excluding hydrogens is 350 g/mol. The Morgan fingerprint density at radius 3 is 2.68 bits per heavy atom. The molecule has 1 unspecified atom stereocenters. The molecule has 2 N–H and O–H groups in total. The van der Waals surface area contributed by atoms with Crippen LogP contribution in [0, 0.1) is 0 Å². The van der Waals surface area contributed by atoms with E-state index in [2.05, 4.69) is 24.1 Å². The van der Waals surface area contributed by atoms with E-state index < -0.39 is 6.04 Å². The molecule has 0 aliphatic carbocycles. The van der Waals surface area contributed by atoms with Crippen molar-refractivity contribution in [3.05, 3.63) is 65.9 Å². The summed E-state index contributed by atoms with van der Waals surface area (Å²) in [4.78, 5) is 30.3. The number of nitrogens with one attached hydrogen (secondary N) is 2. The summed E-state index contributed by atoms with van der Waals surface area (Å²) in [6.45, 7) is 4.72. The Balaban J connectivity index is 1.50. The van der Waals surface area contributed by atoms with E-state index in [0.717, 1.165) is 22.2 Å². The summed E-state index contributed by atoms with van der Waals surface area (Å²) in [5.74, 6) is 0.354. The largest absolute Gasteiger partial charge is 0.361 e. The van der Waals surface area contributed by atoms with Crippen LogP contribution in [0.15, 0.2) is 54.7 Å². The van der Waals surface area contributed by atoms with Crippen LogP contribution in [0.2, 0.25) is 0 Å². The number of para-hydroxylation sites is 1. The van der Waals surface area contributed by atoms with Crippen LogP contribution in [0.5, 0.6) is 0 Å². The zero-order valence-electron chi connectivity index (χ0n) is 16.2. The summed E-state index contributed by atoms with van der Waals surface area (Å²) in [6.07, 6.45) is 2.89. The number of likely N-dealkylation sites (tertiary alicyclic amines) is 1. The van der Waals surface area contributed by atoms with Gasteiger partial charge in [-0.3, -0.25) is 9.59 Å². The molecule has 3 aromatic rings. The lowest BCUT2D eigenvalue weighted by Crippen LogP contribution is -2.41. The molecule has 4 rings (SSSR count). The van der Waals surface area contributed by atoms with Gasteiger partial charge in [-0.25, -0.2) is 0 Å². The van der Waals surface area contributed by atoms with Gasteiger partial charge in [-0.2, -0.15) is 0 Å². The number of fused-ring (bicyclic) bond motifs is 1. The summed E-state index contributed by atoms with van der Waals surface area (Å²) in [5, 5.41) is 4.07. The summed E-state index contributed by atoms with van der Waals surface area (Å²) in [7, 11) is 0. The van der Waals surface area contributed by atoms with Crippen molar-refractivity contribution in [1.82, 2.24) is 9.88 Å². The second-order valence-corrected chi connectivity index (χ2v) is 7.70. The fourth-order valence-electron chi connectivity index (χ4n) is 3.83. The molecule has 144 valence electrons. The smallest absolute Gasteiger partial charge is 0.247 e. The minimum absolute atomic E-state index is 0.0283. The minimum atomic E-state index is -0.439. The average Bonchev–Trinajstić information content (AvgIpc) is 3.27. The standard InChI is InChI=1S/C23H25N3O2/c1-15(2)16-7-9-18(10-8-16)25-23(28)21-11-12-22(27)26(21)14-17-13-24-20-6-4-3-5-19(17)20/h3-10,13,15,21,24H,11-12,14H2,1-2H3,(H,25,28). The van der Waals surface area contributed by atoms with E-state index in [9.17, 15) is 9.59 Å². The fourth-order valence-corrected chi connectivity index (χ4v) is 3.83. The highest BCUT2D eigenvalue weighted by Crippen LogP contribution is 2.26. The third-order valence-electron chi connectivity index (χ3n) is 5.49. The van der Waals surface area contributed by atoms with Gasteiger partial charge in [0.2, 0.25) is 11.8 Å². The van der Waals surface area contributed by atoms with E-state index in [1.54, 1.807) is 4.90 Å². The molecule has 2 amide bonds. The van der Waals surface area contributed by atoms with Gasteiger partial charge in [-0.1, -0.05) is 44.2 Å². The van der Waals surface area contributed by atoms with Gasteiger partial charge >= 0.3 is 0 Å². The number of amides is 2. The van der Waals surface area contributed by atoms with Gasteiger partial charge in [-0.05, 0) is 41.7 Å². The predicted octanol–water partition coefficient (Wildman–Crippen LogP) is 4.42. The van der Waals surface area contributed by atoms with E-state index in [0.29, 0.717) is 25.3 Å². The fraction of sp³-hybridized carbons (Fsp3) is 0.304. The van der Waals surface area contributed by atoms with Crippen LogP contribution in [-0.4, -0.2) is 27.7 Å². The van der Waals surface area contributed by atoms with Crippen molar-refractivity contribution in [3.8, 4) is 0 Å². The normalized spacial score (nSPS) is 16.9. The van der Waals surface area contributed by atoms with Crippen molar-refractivity contribution in [1.29, 1.82) is 0 Å². The number of aromatic amines is 1. The van der Waals surface area contributed by atoms with Gasteiger partial charge in [0.15, 0.2) is 0 Å². The number of anilines is 1. The molecule has 28 heavy (non-hydrogen) atoms. The second-order valence-electron chi connectivity index (χ2n) is 7.70. The molecule has 0 bridgehead atoms. The van der Waals surface area contributed by atoms with Crippen molar-refractivity contribution in [3.63, 3.8) is 0 Å². The third kappa shape index (κ3) is 3.52. The average molecular weight is 375 g/mol. The zero-order chi connectivity index (χ0) is 19.7. The van der Waals surface area contributed by atoms with Crippen LogP contribution in [0.1, 0.15) is 43.7 Å². The number of aromatic nitrogens is 1. The maximum atomic E-state index is 12.9. The molecule has 1 aromatic heterocycles. The molecule has 2 heterocycles. The number of hydrogen-bond donors (Lipinski definition) is 2. The molecule has 0 radical (unpaired) electrons. The first kappa shape index (κ1) is 18.3. The number of rotatable bonds is 5. The number of carbonyl (C=O) groups excluding carboxylic acids is 2. The van der Waals surface area contributed by atoms with Crippen molar-refractivity contribution < 1.29 is 9.59 Å². The van der Waals surface area contributed by atoms with Crippen LogP contribution < -0.4 is 5.32 Å². The Hall–Kier alpha value is -3.08. The molecule has 1 aliphatic rings. The van der Waals surface area contributed by atoms with E-state index in [4.69, 9.17) is 0 Å². The summed E-state index contributed by atoms with van der Waals surface area (Å²) >= 11 is 0. The van der Waals surface area contributed by atoms with Crippen molar-refractivity contribution in [2.75, 3.05) is 5.32 Å². The summed E-state index contributed by atoms with van der Waals surface area (Å²) in [6, 6.07) is 15.5. The van der Waals surface area contributed by atoms with Gasteiger partial charge in [0, 0.05) is 35.8 Å². The topological polar surface area (TPSA) is 65.2 Å². The maximum absolute atomic E-state index is 12.9. The number of H-pyrrole nitrogens is 1. The first-order valence-electron chi connectivity index (χ1n) is 9.78. The molecule has 2 aromatic carbocycles. The monoisotopic (exact) mass is 375 g/mol. The maximum Gasteiger partial charge on any atom is 0.247 e. The van der Waals surface area contributed by atoms with Crippen molar-refractivity contribution >= 4 is 28.4 Å². The Morgan fingerprint density at radius 1 is 1.18 bits per heavy atom. The zero-order valence-corrected chi connectivity index (χ0v) is 16.2. The second kappa shape index (κ2) is 7.50. The van der Waals surface area contributed by atoms with Crippen LogP contribution in [-0.2, 0) is 16.1 Å². The Labute approximate surface area is 164 Å². The molecule has 1 aliphatic heterocycles. The lowest BCUT2D eigenvalue weighted by Gasteiger charge is -2.24. The lowest BCUT2D eigenvalue weighted by atomic mass is 10.0. The number of carbonyl (C=O) groups is 2. The predicted molar refractivity (Wildman–Crippen MR) is 111 cm³/mol. The van der Waals surface area contributed by atoms with Crippen LogP contribution in [0.4, 0.5) is 5.69 Å². The van der Waals surface area contributed by atoms with Crippen LogP contribution in [0.25, 0.3) is 10.9 Å². The highest BCUT2D eigenvalue weighted by Gasteiger charge is 2.36. The molecule has 1 fully saturated rings. The summed E-state index contributed by atoms with van der Waals surface area (Å²) in [5.41, 5.74) is 4.07. The van der Waals surface area contributed by atoms with Gasteiger partial charge in [0.1, 0.15) is 6.04 Å². The van der Waals surface area contributed by atoms with Gasteiger partial charge in [0.05, 0.1) is 0 Å². The van der Waals surface area contributed by atoms with E-state index in [-0.39, 0.29) is 11.8 Å². The lowest BCUT2D eigenvalue weighted by molar-refractivity contribution is -0.133. The highest BCUT2D eigenvalue weighted by atomic mass is 16.2. The first-order valence-corrected chi connectivity index (χ1v) is 9.78. The van der Waals surface area contributed by atoms with Gasteiger partial charge in [0.25, 0.3) is 0 Å². The third-order valence-corrected chi connectivity index (χ3v) is 5.49. The number of benzene rings is 2. The van der Waals surface area contributed by atoms with Crippen molar-refractivity contribution in [2.45, 2.75) is 45.2 Å². The molecule has 1 saturated heterocycles. The van der Waals surface area contributed by atoms with Crippen molar-refractivity contribution in [2.24, 2.45) is 0 Å². The number of hydrogen-bond acceptors (Lipinski definition) is 2. The SMILES string of the molecule is CC(C)c1ccc(NC(=O)C2CCC(=O)N2Cc2c[nH]c3ccccc23)cc1. The Bertz CT molecular complexity index is 1000. The highest BCUT2D eigenvalue weighted by molar-refractivity contribution is 5.99. The molecule has 0 spiro atoms. The molecule has 0 saturated carbocycles. The quantitative estimate of drug-likeness (QED) is 0.693. The first-order chi connectivity index (χ1) is 13.5. The number of nitrogens with zero attached hydrogens (tertiary/aromatic N) is 1. The summed E-state index contributed by atoms with van der Waals surface area (Å²) < 4.78 is 0. The molecule has 1 atom stereocenters. The van der Waals surface area contributed by atoms with Gasteiger partial charge in [-0.15, -0.1) is 0 Å². The van der Waals surface area contributed by atoms with E-state index >= 15 is 0 Å². The van der Waals surface area contributed by atoms with E-state index in [1.807, 2.05) is 54.7 Å².